The van der Waals surface area contributed by atoms with E-state index in [0.29, 0.717) is 13.0 Å². The number of hydrogen-bond acceptors (Lipinski definition) is 5. The van der Waals surface area contributed by atoms with E-state index in [1.54, 1.807) is 0 Å². The van der Waals surface area contributed by atoms with Crippen LogP contribution in [0.4, 0.5) is 0 Å². The molecule has 5 heteroatoms. The van der Waals surface area contributed by atoms with Gasteiger partial charge < -0.3 is 19.3 Å². The van der Waals surface area contributed by atoms with Crippen LogP contribution in [0.2, 0.25) is 0 Å². The van der Waals surface area contributed by atoms with Crippen LogP contribution in [0.25, 0.3) is 0 Å². The summed E-state index contributed by atoms with van der Waals surface area (Å²) in [5, 5.41) is 11.5. The Morgan fingerprint density at radius 3 is 2.75 bits per heavy atom. The van der Waals surface area contributed by atoms with Gasteiger partial charge in [0.1, 0.15) is 29.5 Å². The number of rotatable bonds is 1. The highest BCUT2D eigenvalue weighted by Gasteiger charge is 2.92. The van der Waals surface area contributed by atoms with Crippen molar-refractivity contribution in [1.82, 2.24) is 0 Å². The maximum Gasteiger partial charge on any atom is 0.313 e. The van der Waals surface area contributed by atoms with Crippen molar-refractivity contribution >= 4 is 5.97 Å². The monoisotopic (exact) mass is 278 g/mol. The standard InChI is InChI=1S/C15H18O5/c1-6(2)8-7-4-13(3)14(5-18-14)10-11(20-10)15(13,17)9(8)12(16)19-7/h7-11,17H,1,4-5H2,2-3H3/t7-,8+,9+,10+,11-,13-,14+,15-/m1/s1. The summed E-state index contributed by atoms with van der Waals surface area (Å²) in [6.45, 7) is 8.55. The van der Waals surface area contributed by atoms with Gasteiger partial charge in [-0.2, -0.15) is 0 Å². The normalized spacial score (nSPS) is 64.8. The number of aliphatic hydroxyl groups is 1. The van der Waals surface area contributed by atoms with Gasteiger partial charge in [0.2, 0.25) is 0 Å². The highest BCUT2D eigenvalue weighted by molar-refractivity contribution is 5.79. The predicted molar refractivity (Wildman–Crippen MR) is 66.7 cm³/mol. The molecule has 3 aliphatic heterocycles. The third kappa shape index (κ3) is 0.875. The molecule has 5 aliphatic rings. The Kier molecular flexibility index (Phi) is 1.67. The first-order valence-corrected chi connectivity index (χ1v) is 7.24. The summed E-state index contributed by atoms with van der Waals surface area (Å²) < 4.78 is 17.0. The van der Waals surface area contributed by atoms with Gasteiger partial charge in [-0.15, -0.1) is 0 Å². The van der Waals surface area contributed by atoms with Crippen LogP contribution in [0, 0.1) is 17.3 Å². The van der Waals surface area contributed by atoms with Crippen LogP contribution in [-0.2, 0) is 19.0 Å². The maximum atomic E-state index is 12.3. The number of hydrogen-bond donors (Lipinski definition) is 1. The second kappa shape index (κ2) is 2.85. The van der Waals surface area contributed by atoms with Crippen LogP contribution in [0.15, 0.2) is 12.2 Å². The molecule has 2 aliphatic carbocycles. The molecule has 8 atom stereocenters. The maximum absolute atomic E-state index is 12.3. The van der Waals surface area contributed by atoms with Gasteiger partial charge in [-0.1, -0.05) is 19.1 Å². The van der Waals surface area contributed by atoms with Gasteiger partial charge in [0.15, 0.2) is 0 Å². The van der Waals surface area contributed by atoms with E-state index in [-0.39, 0.29) is 30.2 Å². The highest BCUT2D eigenvalue weighted by Crippen LogP contribution is 2.76. The summed E-state index contributed by atoms with van der Waals surface area (Å²) in [7, 11) is 0. The molecule has 2 saturated carbocycles. The summed E-state index contributed by atoms with van der Waals surface area (Å²) in [5.41, 5.74) is -1.17. The number of ether oxygens (including phenoxy) is 3. The van der Waals surface area contributed by atoms with E-state index in [1.165, 1.54) is 0 Å². The predicted octanol–water partition coefficient (Wildman–Crippen LogP) is 0.411. The molecule has 108 valence electrons. The number of fused-ring (bicyclic) bond motifs is 8. The number of carbonyl (C=O) groups excluding carboxylic acids is 1. The van der Waals surface area contributed by atoms with E-state index in [9.17, 15) is 9.90 Å². The van der Waals surface area contributed by atoms with E-state index in [2.05, 4.69) is 6.58 Å². The van der Waals surface area contributed by atoms with Crippen molar-refractivity contribution in [3.8, 4) is 0 Å². The zero-order chi connectivity index (χ0) is 14.1. The van der Waals surface area contributed by atoms with Crippen LogP contribution in [-0.4, -0.2) is 47.2 Å². The van der Waals surface area contributed by atoms with Gasteiger partial charge in [0, 0.05) is 11.3 Å². The zero-order valence-corrected chi connectivity index (χ0v) is 11.6. The van der Waals surface area contributed by atoms with Gasteiger partial charge in [-0.3, -0.25) is 4.79 Å². The average molecular weight is 278 g/mol. The fourth-order valence-electron chi connectivity index (χ4n) is 5.47. The quantitative estimate of drug-likeness (QED) is 0.427. The molecule has 20 heavy (non-hydrogen) atoms. The van der Waals surface area contributed by atoms with Crippen molar-refractivity contribution in [2.24, 2.45) is 17.3 Å². The summed E-state index contributed by atoms with van der Waals surface area (Å²) in [6.07, 6.45) is 0.0809. The highest BCUT2D eigenvalue weighted by atomic mass is 16.7. The number of epoxide rings is 2. The molecule has 1 N–H and O–H groups in total. The van der Waals surface area contributed by atoms with Gasteiger partial charge in [-0.05, 0) is 13.3 Å². The Hall–Kier alpha value is -0.910. The van der Waals surface area contributed by atoms with Crippen molar-refractivity contribution < 1.29 is 24.1 Å². The first kappa shape index (κ1) is 11.7. The fourth-order valence-corrected chi connectivity index (χ4v) is 5.47. The van der Waals surface area contributed by atoms with E-state index in [1.807, 2.05) is 13.8 Å². The minimum atomic E-state index is -1.19. The van der Waals surface area contributed by atoms with Gasteiger partial charge in [-0.25, -0.2) is 0 Å². The van der Waals surface area contributed by atoms with Crippen LogP contribution in [0.5, 0.6) is 0 Å². The van der Waals surface area contributed by atoms with Crippen LogP contribution in [0.3, 0.4) is 0 Å². The lowest BCUT2D eigenvalue weighted by molar-refractivity contribution is -0.185. The van der Waals surface area contributed by atoms with Crippen LogP contribution < -0.4 is 0 Å². The Bertz CT molecular complexity index is 567. The van der Waals surface area contributed by atoms with Crippen molar-refractivity contribution in [1.29, 1.82) is 0 Å². The minimum Gasteiger partial charge on any atom is -0.461 e. The third-order valence-electron chi connectivity index (χ3n) is 6.59. The van der Waals surface area contributed by atoms with Gasteiger partial charge >= 0.3 is 5.97 Å². The van der Waals surface area contributed by atoms with E-state index in [0.717, 1.165) is 5.57 Å². The van der Waals surface area contributed by atoms with Gasteiger partial charge in [0.25, 0.3) is 0 Å². The summed E-state index contributed by atoms with van der Waals surface area (Å²) >= 11 is 0. The summed E-state index contributed by atoms with van der Waals surface area (Å²) in [4.78, 5) is 12.3. The largest absolute Gasteiger partial charge is 0.461 e. The van der Waals surface area contributed by atoms with E-state index >= 15 is 0 Å². The first-order valence-electron chi connectivity index (χ1n) is 7.24. The van der Waals surface area contributed by atoms with Crippen molar-refractivity contribution in [2.45, 2.75) is 49.8 Å². The molecular weight excluding hydrogens is 260 g/mol. The molecule has 2 bridgehead atoms. The second-order valence-corrected chi connectivity index (χ2v) is 7.34. The molecule has 0 unspecified atom stereocenters. The molecule has 3 heterocycles. The summed E-state index contributed by atoms with van der Waals surface area (Å²) in [5.74, 6) is -0.983. The first-order chi connectivity index (χ1) is 9.37. The lowest BCUT2D eigenvalue weighted by Crippen LogP contribution is -2.64. The van der Waals surface area contributed by atoms with Crippen LogP contribution >= 0.6 is 0 Å². The smallest absolute Gasteiger partial charge is 0.313 e. The average Bonchev–Trinajstić information content (AvgIpc) is 3.20. The molecule has 5 nitrogen and oxygen atoms in total. The molecule has 0 amide bonds. The molecule has 5 fully saturated rings. The molecule has 0 aromatic heterocycles. The Balaban J connectivity index is 1.72. The summed E-state index contributed by atoms with van der Waals surface area (Å²) in [6, 6.07) is 0. The SMILES string of the molecule is C=C(C)[C@@H]1[C@H]2C(=O)O[C@@H]1C[C@@]1(C)[C@]2(O)[C@@H]2O[C@@H]2[C@@]12CO2. The lowest BCUT2D eigenvalue weighted by Gasteiger charge is -2.51. The van der Waals surface area contributed by atoms with Crippen molar-refractivity contribution in [3.05, 3.63) is 12.2 Å². The fraction of sp³-hybridized carbons (Fsp3) is 0.800. The molecular formula is C15H18O5. The minimum absolute atomic E-state index is 0.0598. The van der Waals surface area contributed by atoms with Crippen molar-refractivity contribution in [3.63, 3.8) is 0 Å². The zero-order valence-electron chi connectivity index (χ0n) is 11.6. The van der Waals surface area contributed by atoms with E-state index < -0.39 is 22.5 Å². The molecule has 0 radical (unpaired) electrons. The van der Waals surface area contributed by atoms with E-state index in [4.69, 9.17) is 14.2 Å². The molecule has 1 spiro atoms. The Labute approximate surface area is 116 Å². The van der Waals surface area contributed by atoms with Crippen molar-refractivity contribution in [2.75, 3.05) is 6.61 Å². The lowest BCUT2D eigenvalue weighted by atomic mass is 9.54. The molecule has 0 aromatic rings. The number of carbonyl (C=O) groups is 1. The second-order valence-electron chi connectivity index (χ2n) is 7.34. The molecule has 3 saturated heterocycles. The Morgan fingerprint density at radius 2 is 2.15 bits per heavy atom. The third-order valence-corrected chi connectivity index (χ3v) is 6.59. The molecule has 5 rings (SSSR count). The molecule has 0 aromatic carbocycles. The van der Waals surface area contributed by atoms with Crippen LogP contribution in [0.1, 0.15) is 20.3 Å². The Morgan fingerprint density at radius 1 is 1.45 bits per heavy atom. The van der Waals surface area contributed by atoms with Gasteiger partial charge in [0.05, 0.1) is 12.5 Å². The number of esters is 1. The topological polar surface area (TPSA) is 71.6 Å².